The second kappa shape index (κ2) is 6.45. The van der Waals surface area contributed by atoms with Gasteiger partial charge in [0.1, 0.15) is 0 Å². The van der Waals surface area contributed by atoms with Crippen LogP contribution in [-0.4, -0.2) is 15.6 Å². The molecule has 0 N–H and O–H groups in total. The minimum absolute atomic E-state index is 1.37. The minimum atomic E-state index is -2.45. The summed E-state index contributed by atoms with van der Waals surface area (Å²) in [6, 6.07) is -2.45. The SMILES string of the molecule is C=C[Si](Cl)(Cl)Cl.[Si]Cl. The van der Waals surface area contributed by atoms with Gasteiger partial charge < -0.3 is 0 Å². The molecular weight excluding hydrogens is 222 g/mol. The lowest BCUT2D eigenvalue weighted by molar-refractivity contribution is 2.56. The molecule has 0 aromatic rings. The van der Waals surface area contributed by atoms with E-state index >= 15 is 0 Å². The summed E-state index contributed by atoms with van der Waals surface area (Å²) in [5.41, 5.74) is 1.37. The van der Waals surface area contributed by atoms with Crippen LogP contribution in [0.3, 0.4) is 0 Å². The molecule has 0 atom stereocenters. The van der Waals surface area contributed by atoms with E-state index in [9.17, 15) is 0 Å². The highest BCUT2D eigenvalue weighted by molar-refractivity contribution is 7.66. The second-order valence-electron chi connectivity index (χ2n) is 0.746. The standard InChI is InChI=1S/C2H3Cl3Si.ClSi/c1-2-6(3,4)5;1-2/h2H,1H2;. The summed E-state index contributed by atoms with van der Waals surface area (Å²) >= 11 is 20.3. The monoisotopic (exact) mass is 223 g/mol. The van der Waals surface area contributed by atoms with Gasteiger partial charge in [-0.25, -0.2) is 0 Å². The van der Waals surface area contributed by atoms with Crippen LogP contribution < -0.4 is 0 Å². The highest BCUT2D eigenvalue weighted by Gasteiger charge is 2.17. The molecule has 0 saturated heterocycles. The molecule has 0 aliphatic rings. The molecule has 0 nitrogen and oxygen atoms in total. The Morgan fingerprint density at radius 1 is 1.25 bits per heavy atom. The fraction of sp³-hybridized carbons (Fsp3) is 0. The maximum absolute atomic E-state index is 5.27. The Morgan fingerprint density at radius 2 is 1.38 bits per heavy atom. The molecule has 0 aromatic heterocycles. The number of rotatable bonds is 1. The summed E-state index contributed by atoms with van der Waals surface area (Å²) in [6.45, 7) is 3.30. The smallest absolute Gasteiger partial charge is 0.174 e. The van der Waals surface area contributed by atoms with Crippen molar-refractivity contribution in [2.45, 2.75) is 0 Å². The minimum Gasteiger partial charge on any atom is -0.174 e. The number of halogens is 4. The molecule has 0 saturated carbocycles. The Labute approximate surface area is 72.0 Å². The van der Waals surface area contributed by atoms with Crippen LogP contribution >= 0.6 is 44.3 Å². The third-order valence-corrected chi connectivity index (χ3v) is 2.08. The molecule has 0 aliphatic heterocycles. The molecule has 47 valence electrons. The van der Waals surface area contributed by atoms with Gasteiger partial charge in [0.2, 0.25) is 0 Å². The van der Waals surface area contributed by atoms with Gasteiger partial charge in [0.05, 0.1) is 0 Å². The normalized spacial score (nSPS) is 9.12. The van der Waals surface area contributed by atoms with Gasteiger partial charge in [-0.2, -0.15) is 11.1 Å². The van der Waals surface area contributed by atoms with Crippen LogP contribution in [0.25, 0.3) is 0 Å². The lowest BCUT2D eigenvalue weighted by atomic mass is 11.3. The quantitative estimate of drug-likeness (QED) is 0.475. The first-order valence-electron chi connectivity index (χ1n) is 1.45. The summed E-state index contributed by atoms with van der Waals surface area (Å²) in [4.78, 5) is 0. The molecule has 0 spiro atoms. The fourth-order valence-corrected chi connectivity index (χ4v) is 0. The van der Waals surface area contributed by atoms with Gasteiger partial charge in [0, 0.05) is 0 Å². The molecule has 6 heteroatoms. The van der Waals surface area contributed by atoms with E-state index in [1.165, 1.54) is 5.70 Å². The van der Waals surface area contributed by atoms with Crippen molar-refractivity contribution in [3.8, 4) is 0 Å². The van der Waals surface area contributed by atoms with Crippen LogP contribution in [0.1, 0.15) is 0 Å². The summed E-state index contributed by atoms with van der Waals surface area (Å²) in [5, 5.41) is 0. The topological polar surface area (TPSA) is 0 Å². The lowest BCUT2D eigenvalue weighted by Gasteiger charge is -1.92. The molecule has 0 fully saturated rings. The van der Waals surface area contributed by atoms with E-state index in [1.54, 1.807) is 0 Å². The van der Waals surface area contributed by atoms with E-state index in [1.807, 2.05) is 0 Å². The number of hydrogen-bond acceptors (Lipinski definition) is 0. The van der Waals surface area contributed by atoms with Crippen molar-refractivity contribution >= 4 is 59.9 Å². The molecule has 0 bridgehead atoms. The second-order valence-corrected chi connectivity index (χ2v) is 9.34. The average Bonchev–Trinajstić information content (AvgIpc) is 1.71. The molecule has 0 heterocycles. The lowest BCUT2D eigenvalue weighted by Crippen LogP contribution is -2.01. The summed E-state index contributed by atoms with van der Waals surface area (Å²) < 4.78 is 0. The molecule has 3 radical (unpaired) electrons. The van der Waals surface area contributed by atoms with Crippen molar-refractivity contribution in [1.29, 1.82) is 0 Å². The zero-order valence-corrected chi connectivity index (χ0v) is 8.82. The first-order valence-corrected chi connectivity index (χ1v) is 8.08. The Balaban J connectivity index is 0. The molecule has 8 heavy (non-hydrogen) atoms. The van der Waals surface area contributed by atoms with E-state index in [4.69, 9.17) is 33.2 Å². The van der Waals surface area contributed by atoms with Crippen LogP contribution in [0.5, 0.6) is 0 Å². The highest BCUT2D eigenvalue weighted by Crippen LogP contribution is 2.19. The van der Waals surface area contributed by atoms with Crippen LogP contribution in [0, 0.1) is 0 Å². The Bertz CT molecular complexity index is 57.5. The average molecular weight is 225 g/mol. The number of hydrogen-bond donors (Lipinski definition) is 0. The molecule has 0 amide bonds. The van der Waals surface area contributed by atoms with Crippen LogP contribution in [0.2, 0.25) is 0 Å². The fourth-order valence-electron chi connectivity index (χ4n) is 0. The Kier molecular flexibility index (Phi) is 9.72. The van der Waals surface area contributed by atoms with Gasteiger partial charge in [0.15, 0.2) is 9.55 Å². The van der Waals surface area contributed by atoms with Crippen molar-refractivity contribution in [3.63, 3.8) is 0 Å². The molecule has 0 rings (SSSR count). The van der Waals surface area contributed by atoms with Gasteiger partial charge in [-0.1, -0.05) is 5.70 Å². The van der Waals surface area contributed by atoms with E-state index in [0.29, 0.717) is 0 Å². The highest BCUT2D eigenvalue weighted by atomic mass is 35.8. The van der Waals surface area contributed by atoms with Crippen molar-refractivity contribution in [1.82, 2.24) is 0 Å². The molecular formula is C2H3Cl4Si2. The van der Waals surface area contributed by atoms with Crippen LogP contribution in [0.15, 0.2) is 12.3 Å². The first kappa shape index (κ1) is 12.1. The predicted octanol–water partition coefficient (Wildman–Crippen LogP) is 2.68. The van der Waals surface area contributed by atoms with Crippen molar-refractivity contribution in [2.24, 2.45) is 0 Å². The molecule has 0 aromatic carbocycles. The third kappa shape index (κ3) is 15.7. The zero-order valence-electron chi connectivity index (χ0n) is 3.80. The van der Waals surface area contributed by atoms with E-state index < -0.39 is 6.00 Å². The van der Waals surface area contributed by atoms with Gasteiger partial charge in [-0.3, -0.25) is 0 Å². The Hall–Kier alpha value is 1.33. The van der Waals surface area contributed by atoms with Gasteiger partial charge in [0.25, 0.3) is 0 Å². The predicted molar refractivity (Wildman–Crippen MR) is 45.1 cm³/mol. The summed E-state index contributed by atoms with van der Waals surface area (Å²) in [5.74, 6) is 0. The van der Waals surface area contributed by atoms with Crippen LogP contribution in [-0.2, 0) is 0 Å². The van der Waals surface area contributed by atoms with Crippen molar-refractivity contribution in [2.75, 3.05) is 0 Å². The van der Waals surface area contributed by atoms with Crippen molar-refractivity contribution < 1.29 is 0 Å². The third-order valence-electron chi connectivity index (χ3n) is 0.231. The van der Waals surface area contributed by atoms with E-state index in [0.717, 1.165) is 0 Å². The van der Waals surface area contributed by atoms with E-state index in [-0.39, 0.29) is 0 Å². The maximum atomic E-state index is 5.27. The molecule has 0 aliphatic carbocycles. The van der Waals surface area contributed by atoms with Crippen LogP contribution in [0.4, 0.5) is 0 Å². The largest absolute Gasteiger partial charge is 0.365 e. The Morgan fingerprint density at radius 3 is 1.38 bits per heavy atom. The maximum Gasteiger partial charge on any atom is 0.365 e. The van der Waals surface area contributed by atoms with Gasteiger partial charge in [-0.15, -0.1) is 39.8 Å². The first-order chi connectivity index (χ1) is 3.56. The van der Waals surface area contributed by atoms with Crippen molar-refractivity contribution in [3.05, 3.63) is 12.3 Å². The summed E-state index contributed by atoms with van der Waals surface area (Å²) in [7, 11) is 2.44. The van der Waals surface area contributed by atoms with E-state index in [2.05, 4.69) is 27.2 Å². The molecule has 0 unspecified atom stereocenters. The zero-order chi connectivity index (χ0) is 7.21. The van der Waals surface area contributed by atoms with Gasteiger partial charge >= 0.3 is 6.00 Å². The van der Waals surface area contributed by atoms with Gasteiger partial charge in [-0.05, 0) is 0 Å². The summed E-state index contributed by atoms with van der Waals surface area (Å²) in [6.07, 6.45) is 0.